The van der Waals surface area contributed by atoms with Crippen LogP contribution in [0.25, 0.3) is 28.2 Å². The molecule has 4 aromatic rings. The molecule has 0 amide bonds. The Labute approximate surface area is 144 Å². The molecule has 118 valence electrons. The topological polar surface area (TPSA) is 39.4 Å². The van der Waals surface area contributed by atoms with E-state index in [9.17, 15) is 0 Å². The molecule has 0 aliphatic rings. The minimum atomic E-state index is 0.708. The first kappa shape index (κ1) is 14.7. The molecule has 24 heavy (non-hydrogen) atoms. The normalized spacial score (nSPS) is 10.9. The minimum absolute atomic E-state index is 0.708. The molecule has 0 bridgehead atoms. The summed E-state index contributed by atoms with van der Waals surface area (Å²) >= 11 is 5.96. The second-order valence-electron chi connectivity index (χ2n) is 5.37. The first-order chi connectivity index (χ1) is 11.7. The molecule has 4 rings (SSSR count). The Hall–Kier alpha value is -2.85. The van der Waals surface area contributed by atoms with Crippen LogP contribution in [0.2, 0.25) is 5.02 Å². The van der Waals surface area contributed by atoms with Crippen LogP contribution in [0.15, 0.2) is 66.9 Å². The smallest absolute Gasteiger partial charge is 0.156 e. The van der Waals surface area contributed by atoms with Crippen LogP contribution in [0.1, 0.15) is 0 Å². The van der Waals surface area contributed by atoms with Crippen LogP contribution in [0.5, 0.6) is 5.75 Å². The Morgan fingerprint density at radius 3 is 2.33 bits per heavy atom. The lowest BCUT2D eigenvalue weighted by molar-refractivity contribution is 0.415. The van der Waals surface area contributed by atoms with Crippen molar-refractivity contribution in [3.63, 3.8) is 0 Å². The molecule has 0 N–H and O–H groups in total. The van der Waals surface area contributed by atoms with E-state index in [-0.39, 0.29) is 0 Å². The summed E-state index contributed by atoms with van der Waals surface area (Å²) in [5.74, 6) is 0.825. The monoisotopic (exact) mass is 335 g/mol. The van der Waals surface area contributed by atoms with E-state index in [4.69, 9.17) is 21.4 Å². The van der Waals surface area contributed by atoms with Gasteiger partial charge in [0, 0.05) is 28.4 Å². The fourth-order valence-electron chi connectivity index (χ4n) is 2.64. The van der Waals surface area contributed by atoms with Crippen molar-refractivity contribution < 1.29 is 4.74 Å². The zero-order valence-electron chi connectivity index (χ0n) is 13.0. The first-order valence-corrected chi connectivity index (χ1v) is 7.87. The van der Waals surface area contributed by atoms with Gasteiger partial charge in [-0.3, -0.25) is 0 Å². The van der Waals surface area contributed by atoms with E-state index in [0.29, 0.717) is 5.02 Å². The summed E-state index contributed by atoms with van der Waals surface area (Å²) in [6.45, 7) is 0. The van der Waals surface area contributed by atoms with Crippen LogP contribution < -0.4 is 4.74 Å². The maximum absolute atomic E-state index is 5.96. The Kier molecular flexibility index (Phi) is 3.67. The van der Waals surface area contributed by atoms with Crippen LogP contribution in [0.4, 0.5) is 0 Å². The number of fused-ring (bicyclic) bond motifs is 1. The zero-order chi connectivity index (χ0) is 16.5. The molecule has 4 nitrogen and oxygen atoms in total. The molecule has 0 unspecified atom stereocenters. The summed E-state index contributed by atoms with van der Waals surface area (Å²) in [6.07, 6.45) is 1.79. The van der Waals surface area contributed by atoms with Crippen molar-refractivity contribution in [3.8, 4) is 28.3 Å². The van der Waals surface area contributed by atoms with E-state index in [1.54, 1.807) is 13.3 Å². The highest BCUT2D eigenvalue weighted by atomic mass is 35.5. The van der Waals surface area contributed by atoms with Crippen LogP contribution in [-0.4, -0.2) is 21.7 Å². The predicted molar refractivity (Wildman–Crippen MR) is 95.4 cm³/mol. The van der Waals surface area contributed by atoms with Gasteiger partial charge in [-0.1, -0.05) is 23.7 Å². The summed E-state index contributed by atoms with van der Waals surface area (Å²) < 4.78 is 7.07. The number of hydrogen-bond donors (Lipinski definition) is 0. The number of benzene rings is 2. The van der Waals surface area contributed by atoms with Gasteiger partial charge in [0.25, 0.3) is 0 Å². The quantitative estimate of drug-likeness (QED) is 0.543. The molecule has 0 saturated heterocycles. The number of aromatic nitrogens is 3. The summed E-state index contributed by atoms with van der Waals surface area (Å²) in [6, 6.07) is 19.4. The van der Waals surface area contributed by atoms with Crippen molar-refractivity contribution in [1.82, 2.24) is 14.6 Å². The third-order valence-electron chi connectivity index (χ3n) is 3.88. The maximum Gasteiger partial charge on any atom is 0.156 e. The lowest BCUT2D eigenvalue weighted by atomic mass is 10.1. The molecule has 0 saturated carbocycles. The highest BCUT2D eigenvalue weighted by Crippen LogP contribution is 2.26. The molecule has 0 aliphatic heterocycles. The van der Waals surface area contributed by atoms with Crippen molar-refractivity contribution >= 4 is 17.2 Å². The van der Waals surface area contributed by atoms with E-state index in [1.165, 1.54) is 0 Å². The van der Waals surface area contributed by atoms with E-state index in [1.807, 2.05) is 65.2 Å². The van der Waals surface area contributed by atoms with E-state index in [0.717, 1.165) is 33.9 Å². The Morgan fingerprint density at radius 1 is 0.917 bits per heavy atom. The van der Waals surface area contributed by atoms with Crippen molar-refractivity contribution in [2.45, 2.75) is 0 Å². The molecule has 5 heteroatoms. The molecule has 0 aliphatic carbocycles. The second-order valence-corrected chi connectivity index (χ2v) is 5.80. The number of halogens is 1. The predicted octanol–water partition coefficient (Wildman–Crippen LogP) is 4.73. The molecule has 0 fully saturated rings. The third kappa shape index (κ3) is 2.61. The largest absolute Gasteiger partial charge is 0.497 e. The number of hydrogen-bond acceptors (Lipinski definition) is 3. The summed E-state index contributed by atoms with van der Waals surface area (Å²) in [5, 5.41) is 5.42. The van der Waals surface area contributed by atoms with Gasteiger partial charge in [-0.15, -0.1) is 0 Å². The summed E-state index contributed by atoms with van der Waals surface area (Å²) in [5.41, 5.74) is 4.69. The van der Waals surface area contributed by atoms with Gasteiger partial charge >= 0.3 is 0 Å². The average molecular weight is 336 g/mol. The van der Waals surface area contributed by atoms with Gasteiger partial charge in [-0.25, -0.2) is 9.50 Å². The molecular formula is C19H14ClN3O. The van der Waals surface area contributed by atoms with Gasteiger partial charge in [0.2, 0.25) is 0 Å². The Balaban J connectivity index is 1.83. The van der Waals surface area contributed by atoms with Crippen molar-refractivity contribution in [2.24, 2.45) is 0 Å². The van der Waals surface area contributed by atoms with E-state index < -0.39 is 0 Å². The summed E-state index contributed by atoms with van der Waals surface area (Å²) in [7, 11) is 1.66. The molecular weight excluding hydrogens is 322 g/mol. The van der Waals surface area contributed by atoms with Gasteiger partial charge in [0.1, 0.15) is 5.75 Å². The fraction of sp³-hybridized carbons (Fsp3) is 0.0526. The molecule has 0 atom stereocenters. The van der Waals surface area contributed by atoms with Gasteiger partial charge in [-0.2, -0.15) is 5.10 Å². The number of methoxy groups -OCH3 is 1. The minimum Gasteiger partial charge on any atom is -0.497 e. The van der Waals surface area contributed by atoms with Crippen molar-refractivity contribution in [2.75, 3.05) is 7.11 Å². The lowest BCUT2D eigenvalue weighted by Gasteiger charge is -2.05. The molecule has 2 aromatic heterocycles. The maximum atomic E-state index is 5.96. The van der Waals surface area contributed by atoms with Crippen molar-refractivity contribution in [1.29, 1.82) is 0 Å². The van der Waals surface area contributed by atoms with Gasteiger partial charge < -0.3 is 4.74 Å². The van der Waals surface area contributed by atoms with Crippen LogP contribution >= 0.6 is 11.6 Å². The second kappa shape index (κ2) is 5.98. The molecule has 2 heterocycles. The Bertz CT molecular complexity index is 991. The number of nitrogens with zero attached hydrogens (tertiary/aromatic N) is 3. The highest BCUT2D eigenvalue weighted by Gasteiger charge is 2.10. The van der Waals surface area contributed by atoms with Gasteiger partial charge in [-0.05, 0) is 42.5 Å². The van der Waals surface area contributed by atoms with Gasteiger partial charge in [0.05, 0.1) is 18.5 Å². The average Bonchev–Trinajstić information content (AvgIpc) is 3.06. The first-order valence-electron chi connectivity index (χ1n) is 7.50. The highest BCUT2D eigenvalue weighted by molar-refractivity contribution is 6.30. The van der Waals surface area contributed by atoms with E-state index in [2.05, 4.69) is 4.98 Å². The third-order valence-corrected chi connectivity index (χ3v) is 4.14. The lowest BCUT2D eigenvalue weighted by Crippen LogP contribution is -1.95. The van der Waals surface area contributed by atoms with E-state index >= 15 is 0 Å². The molecule has 2 aromatic carbocycles. The Morgan fingerprint density at radius 2 is 1.62 bits per heavy atom. The number of ether oxygens (including phenoxy) is 1. The standard InChI is InChI=1S/C19H14ClN3O/c1-24-16-8-4-14(5-9-16)18-10-11-21-19-12-17(22-23(18)19)13-2-6-15(20)7-3-13/h2-12H,1H3. The van der Waals surface area contributed by atoms with Crippen LogP contribution in [0.3, 0.4) is 0 Å². The van der Waals surface area contributed by atoms with Crippen LogP contribution in [0, 0.1) is 0 Å². The zero-order valence-corrected chi connectivity index (χ0v) is 13.7. The molecule has 0 radical (unpaired) electrons. The summed E-state index contributed by atoms with van der Waals surface area (Å²) in [4.78, 5) is 4.41. The van der Waals surface area contributed by atoms with Crippen LogP contribution in [-0.2, 0) is 0 Å². The SMILES string of the molecule is COc1ccc(-c2ccnc3cc(-c4ccc(Cl)cc4)nn23)cc1. The van der Waals surface area contributed by atoms with Crippen molar-refractivity contribution in [3.05, 3.63) is 71.9 Å². The fourth-order valence-corrected chi connectivity index (χ4v) is 2.76. The molecule has 0 spiro atoms. The number of rotatable bonds is 3. The van der Waals surface area contributed by atoms with Gasteiger partial charge in [0.15, 0.2) is 5.65 Å².